The maximum Gasteiger partial charge on any atom is 0.408 e. The number of hydrogen-bond donors (Lipinski definition) is 3. The molecule has 3 unspecified atom stereocenters. The summed E-state index contributed by atoms with van der Waals surface area (Å²) in [6.07, 6.45) is 0.905. The van der Waals surface area contributed by atoms with Crippen LogP contribution in [0.25, 0.3) is 0 Å². The van der Waals surface area contributed by atoms with Crippen molar-refractivity contribution in [1.29, 1.82) is 0 Å². The standard InChI is InChI=1S/C26H43N3O5/c1-10-11-19(6)27-23(31)22(20-13-17(4)12-18(5)14-20)29(16(2)3)24(32)21(15-30)28-25(33)34-26(7,8)9/h12-14,16,19,21-22,30H,10-11,15H2,1-9H3,(H,27,31)(H,28,33). The second-order valence-corrected chi connectivity index (χ2v) is 10.2. The Labute approximate surface area is 204 Å². The van der Waals surface area contributed by atoms with E-state index < -0.39 is 36.3 Å². The van der Waals surface area contributed by atoms with E-state index in [1.165, 1.54) is 4.90 Å². The molecule has 3 N–H and O–H groups in total. The van der Waals surface area contributed by atoms with Crippen LogP contribution < -0.4 is 10.6 Å². The summed E-state index contributed by atoms with van der Waals surface area (Å²) in [6.45, 7) is 16.0. The minimum absolute atomic E-state index is 0.0662. The fourth-order valence-electron chi connectivity index (χ4n) is 3.93. The molecule has 1 aromatic rings. The minimum Gasteiger partial charge on any atom is -0.444 e. The van der Waals surface area contributed by atoms with E-state index in [0.717, 1.165) is 24.0 Å². The van der Waals surface area contributed by atoms with Gasteiger partial charge in [-0.1, -0.05) is 42.7 Å². The first kappa shape index (κ1) is 29.4. The van der Waals surface area contributed by atoms with E-state index in [4.69, 9.17) is 4.74 Å². The summed E-state index contributed by atoms with van der Waals surface area (Å²) in [5, 5.41) is 15.4. The summed E-state index contributed by atoms with van der Waals surface area (Å²) in [5.41, 5.74) is 1.85. The SMILES string of the molecule is CCCC(C)NC(=O)C(c1cc(C)cc(C)c1)N(C(=O)C(CO)NC(=O)OC(C)(C)C)C(C)C. The van der Waals surface area contributed by atoms with Crippen LogP contribution in [0.15, 0.2) is 18.2 Å². The second kappa shape index (κ2) is 12.7. The Morgan fingerprint density at radius 1 is 1.03 bits per heavy atom. The highest BCUT2D eigenvalue weighted by molar-refractivity contribution is 5.92. The first-order valence-electron chi connectivity index (χ1n) is 12.0. The highest BCUT2D eigenvalue weighted by atomic mass is 16.6. The molecule has 1 rings (SSSR count). The highest BCUT2D eigenvalue weighted by Gasteiger charge is 2.38. The lowest BCUT2D eigenvalue weighted by molar-refractivity contribution is -0.145. The van der Waals surface area contributed by atoms with E-state index in [2.05, 4.69) is 10.6 Å². The van der Waals surface area contributed by atoms with Crippen LogP contribution in [-0.4, -0.2) is 58.2 Å². The highest BCUT2D eigenvalue weighted by Crippen LogP contribution is 2.27. The summed E-state index contributed by atoms with van der Waals surface area (Å²) in [5.74, 6) is -0.868. The molecule has 0 aliphatic heterocycles. The molecule has 3 atom stereocenters. The predicted molar refractivity (Wildman–Crippen MR) is 133 cm³/mol. The maximum absolute atomic E-state index is 13.6. The normalized spacial score (nSPS) is 14.2. The van der Waals surface area contributed by atoms with Crippen LogP contribution in [0.4, 0.5) is 4.79 Å². The van der Waals surface area contributed by atoms with Gasteiger partial charge in [0.1, 0.15) is 17.7 Å². The van der Waals surface area contributed by atoms with Crippen LogP contribution in [0, 0.1) is 13.8 Å². The van der Waals surface area contributed by atoms with Crippen LogP contribution in [0.2, 0.25) is 0 Å². The van der Waals surface area contributed by atoms with Crippen molar-refractivity contribution in [2.24, 2.45) is 0 Å². The summed E-state index contributed by atoms with van der Waals surface area (Å²) < 4.78 is 5.25. The number of aliphatic hydroxyl groups is 1. The van der Waals surface area contributed by atoms with E-state index in [9.17, 15) is 19.5 Å². The maximum atomic E-state index is 13.6. The molecule has 0 spiro atoms. The van der Waals surface area contributed by atoms with Crippen LogP contribution in [0.3, 0.4) is 0 Å². The average molecular weight is 478 g/mol. The number of rotatable bonds is 10. The van der Waals surface area contributed by atoms with Gasteiger partial charge in [-0.3, -0.25) is 9.59 Å². The number of carbonyl (C=O) groups is 3. The fraction of sp³-hybridized carbons (Fsp3) is 0.654. The molecular weight excluding hydrogens is 434 g/mol. The lowest BCUT2D eigenvalue weighted by Gasteiger charge is -2.37. The third-order valence-corrected chi connectivity index (χ3v) is 5.18. The van der Waals surface area contributed by atoms with E-state index in [1.807, 2.05) is 45.9 Å². The number of nitrogens with one attached hydrogen (secondary N) is 2. The van der Waals surface area contributed by atoms with Crippen molar-refractivity contribution in [3.8, 4) is 0 Å². The van der Waals surface area contributed by atoms with Gasteiger partial charge in [0.25, 0.3) is 0 Å². The molecule has 0 aliphatic carbocycles. The second-order valence-electron chi connectivity index (χ2n) is 10.2. The van der Waals surface area contributed by atoms with E-state index in [0.29, 0.717) is 5.56 Å². The van der Waals surface area contributed by atoms with Crippen molar-refractivity contribution in [3.63, 3.8) is 0 Å². The number of amides is 3. The summed E-state index contributed by atoms with van der Waals surface area (Å²) in [6, 6.07) is 3.13. The van der Waals surface area contributed by atoms with Crippen LogP contribution in [0.1, 0.15) is 84.0 Å². The third kappa shape index (κ3) is 8.97. The van der Waals surface area contributed by atoms with Crippen molar-refractivity contribution in [3.05, 3.63) is 34.9 Å². The zero-order valence-electron chi connectivity index (χ0n) is 22.2. The van der Waals surface area contributed by atoms with Gasteiger partial charge < -0.3 is 25.4 Å². The average Bonchev–Trinajstić information content (AvgIpc) is 2.67. The van der Waals surface area contributed by atoms with Crippen molar-refractivity contribution >= 4 is 17.9 Å². The number of benzene rings is 1. The first-order chi connectivity index (χ1) is 15.7. The Bertz CT molecular complexity index is 827. The van der Waals surface area contributed by atoms with Gasteiger partial charge in [-0.25, -0.2) is 4.79 Å². The monoisotopic (exact) mass is 477 g/mol. The molecule has 8 heteroatoms. The van der Waals surface area contributed by atoms with Crippen molar-refractivity contribution in [2.45, 2.75) is 105 Å². The molecule has 0 aliphatic rings. The Morgan fingerprint density at radius 3 is 2.03 bits per heavy atom. The van der Waals surface area contributed by atoms with Crippen molar-refractivity contribution in [1.82, 2.24) is 15.5 Å². The van der Waals surface area contributed by atoms with Gasteiger partial charge in [-0.05, 0) is 67.4 Å². The van der Waals surface area contributed by atoms with Gasteiger partial charge in [0.15, 0.2) is 0 Å². The van der Waals surface area contributed by atoms with Gasteiger partial charge in [-0.2, -0.15) is 0 Å². The topological polar surface area (TPSA) is 108 Å². The zero-order chi connectivity index (χ0) is 26.2. The lowest BCUT2D eigenvalue weighted by atomic mass is 9.97. The van der Waals surface area contributed by atoms with Gasteiger partial charge in [0.05, 0.1) is 6.61 Å². The van der Waals surface area contributed by atoms with Gasteiger partial charge in [-0.15, -0.1) is 0 Å². The first-order valence-corrected chi connectivity index (χ1v) is 12.0. The van der Waals surface area contributed by atoms with E-state index in [1.54, 1.807) is 34.6 Å². The number of carbonyl (C=O) groups excluding carboxylic acids is 3. The molecule has 0 saturated heterocycles. The number of hydrogen-bond acceptors (Lipinski definition) is 5. The molecule has 0 fully saturated rings. The quantitative estimate of drug-likeness (QED) is 0.475. The predicted octanol–water partition coefficient (Wildman–Crippen LogP) is 3.77. The Morgan fingerprint density at radius 2 is 1.59 bits per heavy atom. The number of ether oxygens (including phenoxy) is 1. The van der Waals surface area contributed by atoms with Crippen LogP contribution >= 0.6 is 0 Å². The molecule has 1 aromatic carbocycles. The zero-order valence-corrected chi connectivity index (χ0v) is 22.2. The van der Waals surface area contributed by atoms with Gasteiger partial charge in [0, 0.05) is 12.1 Å². The third-order valence-electron chi connectivity index (χ3n) is 5.18. The van der Waals surface area contributed by atoms with E-state index in [-0.39, 0.29) is 18.0 Å². The minimum atomic E-state index is -1.26. The summed E-state index contributed by atoms with van der Waals surface area (Å²) >= 11 is 0. The smallest absolute Gasteiger partial charge is 0.408 e. The van der Waals surface area contributed by atoms with Crippen molar-refractivity contribution in [2.75, 3.05) is 6.61 Å². The van der Waals surface area contributed by atoms with Crippen LogP contribution in [0.5, 0.6) is 0 Å². The molecule has 0 heterocycles. The molecule has 0 saturated carbocycles. The Balaban J connectivity index is 3.43. The number of aryl methyl sites for hydroxylation is 2. The molecule has 34 heavy (non-hydrogen) atoms. The Hall–Kier alpha value is -2.61. The lowest BCUT2D eigenvalue weighted by Crippen LogP contribution is -2.56. The molecular formula is C26H43N3O5. The molecule has 0 bridgehead atoms. The molecule has 8 nitrogen and oxygen atoms in total. The van der Waals surface area contributed by atoms with Crippen LogP contribution in [-0.2, 0) is 14.3 Å². The van der Waals surface area contributed by atoms with Gasteiger partial charge >= 0.3 is 6.09 Å². The van der Waals surface area contributed by atoms with Gasteiger partial charge in [0.2, 0.25) is 11.8 Å². The molecule has 0 radical (unpaired) electrons. The number of alkyl carbamates (subject to hydrolysis) is 1. The van der Waals surface area contributed by atoms with Crippen molar-refractivity contribution < 1.29 is 24.2 Å². The number of aliphatic hydroxyl groups excluding tert-OH is 1. The Kier molecular flexibility index (Phi) is 11.0. The summed E-state index contributed by atoms with van der Waals surface area (Å²) in [7, 11) is 0. The molecule has 192 valence electrons. The number of nitrogens with zero attached hydrogens (tertiary/aromatic N) is 1. The van der Waals surface area contributed by atoms with E-state index >= 15 is 0 Å². The largest absolute Gasteiger partial charge is 0.444 e. The fourth-order valence-corrected chi connectivity index (χ4v) is 3.93. The molecule has 3 amide bonds. The molecule has 0 aromatic heterocycles. The summed E-state index contributed by atoms with van der Waals surface area (Å²) in [4.78, 5) is 40.9.